The smallest absolute Gasteiger partial charge is 0.416 e. The molecule has 8 nitrogen and oxygen atoms in total. The first-order valence-electron chi connectivity index (χ1n) is 14.1. The summed E-state index contributed by atoms with van der Waals surface area (Å²) in [5, 5.41) is 0. The maximum atomic E-state index is 13.5. The van der Waals surface area contributed by atoms with E-state index < -0.39 is 22.5 Å². The van der Waals surface area contributed by atoms with Crippen LogP contribution in [0.2, 0.25) is 0 Å². The van der Waals surface area contributed by atoms with Crippen LogP contribution in [-0.2, 0) is 30.1 Å². The molecule has 4 rings (SSSR count). The van der Waals surface area contributed by atoms with E-state index in [0.29, 0.717) is 28.8 Å². The first kappa shape index (κ1) is 31.5. The Morgan fingerprint density at radius 3 is 2.50 bits per heavy atom. The highest BCUT2D eigenvalue weighted by Gasteiger charge is 2.30. The molecule has 2 aromatic heterocycles. The zero-order chi connectivity index (χ0) is 30.1. The Bertz CT molecular complexity index is 1340. The van der Waals surface area contributed by atoms with Gasteiger partial charge in [-0.05, 0) is 49.4 Å². The largest absolute Gasteiger partial charge is 0.481 e. The van der Waals surface area contributed by atoms with E-state index in [1.807, 2.05) is 12.1 Å². The number of rotatable bonds is 14. The Morgan fingerprint density at radius 1 is 1.02 bits per heavy atom. The van der Waals surface area contributed by atoms with E-state index in [1.54, 1.807) is 30.4 Å². The summed E-state index contributed by atoms with van der Waals surface area (Å²) in [5.41, 5.74) is 1.37. The molecule has 1 aliphatic rings. The molecule has 12 heteroatoms. The Balaban J connectivity index is 1.70. The van der Waals surface area contributed by atoms with Crippen LogP contribution in [0.25, 0.3) is 0 Å². The third-order valence-corrected chi connectivity index (χ3v) is 8.04. The molecule has 2 heterocycles. The molecule has 0 N–H and O–H groups in total. The fourth-order valence-electron chi connectivity index (χ4n) is 5.17. The number of benzene rings is 1. The Morgan fingerprint density at radius 2 is 1.81 bits per heavy atom. The van der Waals surface area contributed by atoms with Crippen LogP contribution in [0.5, 0.6) is 11.8 Å². The van der Waals surface area contributed by atoms with Gasteiger partial charge in [0.1, 0.15) is 6.61 Å². The summed E-state index contributed by atoms with van der Waals surface area (Å²) in [6, 6.07) is 10.7. The van der Waals surface area contributed by atoms with Crippen molar-refractivity contribution in [3.05, 3.63) is 65.5 Å². The van der Waals surface area contributed by atoms with E-state index >= 15 is 0 Å². The van der Waals surface area contributed by atoms with E-state index in [-0.39, 0.29) is 31.5 Å². The van der Waals surface area contributed by atoms with Crippen molar-refractivity contribution in [1.29, 1.82) is 0 Å². The SMILES string of the molecule is CCN(CC1CCCC1)c1ccc(OC)nc1CN(Cc1cccc(C(F)(F)F)c1)c1nccc(OCCS(C)=O)n1. The molecule has 0 radical (unpaired) electrons. The molecule has 0 aliphatic heterocycles. The fraction of sp³-hybridized carbons (Fsp3) is 0.500. The Kier molecular flexibility index (Phi) is 11.0. The number of alkyl halides is 3. The van der Waals surface area contributed by atoms with Crippen molar-refractivity contribution in [2.45, 2.75) is 51.9 Å². The lowest BCUT2D eigenvalue weighted by Crippen LogP contribution is -2.31. The minimum absolute atomic E-state index is 0.0967. The monoisotopic (exact) mass is 605 g/mol. The second-order valence-electron chi connectivity index (χ2n) is 10.4. The van der Waals surface area contributed by atoms with Gasteiger partial charge in [0.05, 0.1) is 36.4 Å². The molecule has 1 aromatic carbocycles. The molecule has 0 saturated heterocycles. The third-order valence-electron chi connectivity index (χ3n) is 7.30. The fourth-order valence-corrected chi connectivity index (χ4v) is 5.49. The average Bonchev–Trinajstić information content (AvgIpc) is 3.49. The van der Waals surface area contributed by atoms with Gasteiger partial charge >= 0.3 is 6.18 Å². The molecule has 1 atom stereocenters. The van der Waals surface area contributed by atoms with Gasteiger partial charge in [0, 0.05) is 55.0 Å². The minimum Gasteiger partial charge on any atom is -0.481 e. The van der Waals surface area contributed by atoms with Gasteiger partial charge in [0.15, 0.2) is 0 Å². The molecule has 228 valence electrons. The topological polar surface area (TPSA) is 80.7 Å². The molecule has 1 saturated carbocycles. The summed E-state index contributed by atoms with van der Waals surface area (Å²) in [4.78, 5) is 17.9. The molecule has 0 bridgehead atoms. The van der Waals surface area contributed by atoms with Crippen LogP contribution in [0, 0.1) is 5.92 Å². The molecular weight excluding hydrogens is 567 g/mol. The number of anilines is 2. The van der Waals surface area contributed by atoms with Crippen LogP contribution in [0.3, 0.4) is 0 Å². The molecule has 0 amide bonds. The summed E-state index contributed by atoms with van der Waals surface area (Å²) < 4.78 is 63.2. The second-order valence-corrected chi connectivity index (χ2v) is 11.9. The summed E-state index contributed by atoms with van der Waals surface area (Å²) >= 11 is 0. The van der Waals surface area contributed by atoms with Crippen molar-refractivity contribution in [2.24, 2.45) is 5.92 Å². The zero-order valence-electron chi connectivity index (χ0n) is 24.3. The average molecular weight is 606 g/mol. The third kappa shape index (κ3) is 8.80. The molecule has 1 aliphatic carbocycles. The van der Waals surface area contributed by atoms with Crippen molar-refractivity contribution >= 4 is 22.4 Å². The van der Waals surface area contributed by atoms with Crippen molar-refractivity contribution in [1.82, 2.24) is 15.0 Å². The molecule has 0 spiro atoms. The highest BCUT2D eigenvalue weighted by atomic mass is 32.2. The lowest BCUT2D eigenvalue weighted by molar-refractivity contribution is -0.137. The van der Waals surface area contributed by atoms with Gasteiger partial charge in [0.2, 0.25) is 17.7 Å². The number of pyridine rings is 1. The van der Waals surface area contributed by atoms with E-state index in [2.05, 4.69) is 21.8 Å². The Labute approximate surface area is 247 Å². The number of methoxy groups -OCH3 is 1. The van der Waals surface area contributed by atoms with E-state index in [0.717, 1.165) is 30.9 Å². The summed E-state index contributed by atoms with van der Waals surface area (Å²) in [7, 11) is 0.526. The van der Waals surface area contributed by atoms with Gasteiger partial charge in [-0.2, -0.15) is 18.2 Å². The van der Waals surface area contributed by atoms with E-state index in [4.69, 9.17) is 14.5 Å². The van der Waals surface area contributed by atoms with Gasteiger partial charge < -0.3 is 19.3 Å². The number of aromatic nitrogens is 3. The van der Waals surface area contributed by atoms with Gasteiger partial charge in [-0.15, -0.1) is 0 Å². The number of ether oxygens (including phenoxy) is 2. The van der Waals surface area contributed by atoms with Crippen molar-refractivity contribution in [2.75, 3.05) is 48.6 Å². The molecule has 1 fully saturated rings. The van der Waals surface area contributed by atoms with Crippen molar-refractivity contribution in [3.8, 4) is 11.8 Å². The number of hydrogen-bond acceptors (Lipinski definition) is 8. The second kappa shape index (κ2) is 14.7. The van der Waals surface area contributed by atoms with Crippen LogP contribution in [0.1, 0.15) is 49.4 Å². The van der Waals surface area contributed by atoms with Gasteiger partial charge in [-0.3, -0.25) is 4.21 Å². The normalized spacial score (nSPS) is 14.5. The lowest BCUT2D eigenvalue weighted by atomic mass is 10.1. The van der Waals surface area contributed by atoms with Crippen LogP contribution in [0.15, 0.2) is 48.7 Å². The van der Waals surface area contributed by atoms with E-state index in [1.165, 1.54) is 37.9 Å². The first-order chi connectivity index (χ1) is 20.2. The number of halogens is 3. The highest BCUT2D eigenvalue weighted by Crippen LogP contribution is 2.32. The molecule has 3 aromatic rings. The van der Waals surface area contributed by atoms with Crippen LogP contribution >= 0.6 is 0 Å². The van der Waals surface area contributed by atoms with E-state index in [9.17, 15) is 17.4 Å². The molecule has 1 unspecified atom stereocenters. The van der Waals surface area contributed by atoms with Crippen molar-refractivity contribution in [3.63, 3.8) is 0 Å². The summed E-state index contributed by atoms with van der Waals surface area (Å²) in [6.07, 6.45) is 3.55. The molecular formula is C30H38F3N5O3S. The highest BCUT2D eigenvalue weighted by molar-refractivity contribution is 7.84. The van der Waals surface area contributed by atoms with Gasteiger partial charge in [0.25, 0.3) is 0 Å². The predicted molar refractivity (Wildman–Crippen MR) is 158 cm³/mol. The Hall–Kier alpha value is -3.41. The van der Waals surface area contributed by atoms with Gasteiger partial charge in [-0.25, -0.2) is 9.97 Å². The summed E-state index contributed by atoms with van der Waals surface area (Å²) in [5.74, 6) is 1.95. The zero-order valence-corrected chi connectivity index (χ0v) is 25.1. The van der Waals surface area contributed by atoms with Crippen molar-refractivity contribution < 1.29 is 26.9 Å². The van der Waals surface area contributed by atoms with Crippen LogP contribution < -0.4 is 19.3 Å². The predicted octanol–water partition coefficient (Wildman–Crippen LogP) is 5.88. The maximum absolute atomic E-state index is 13.5. The quantitative estimate of drug-likeness (QED) is 0.226. The number of hydrogen-bond donors (Lipinski definition) is 0. The van der Waals surface area contributed by atoms with Crippen LogP contribution in [0.4, 0.5) is 24.8 Å². The number of nitrogens with zero attached hydrogens (tertiary/aromatic N) is 5. The van der Waals surface area contributed by atoms with Crippen LogP contribution in [-0.4, -0.2) is 58.0 Å². The van der Waals surface area contributed by atoms with Gasteiger partial charge in [-0.1, -0.05) is 25.0 Å². The lowest BCUT2D eigenvalue weighted by Gasteiger charge is -2.30. The molecule has 42 heavy (non-hydrogen) atoms. The minimum atomic E-state index is -4.46. The first-order valence-corrected chi connectivity index (χ1v) is 15.8. The standard InChI is InChI=1S/C30H38F3N5O3S/c1-4-37(19-22-8-5-6-9-22)26-12-13-27(40-2)35-25(26)21-38(20-23-10-7-11-24(18-23)30(31,32)33)29-34-15-14-28(36-29)41-16-17-42(3)39/h7,10-15,18,22H,4-6,8-9,16-17,19-21H2,1-3H3. The summed E-state index contributed by atoms with van der Waals surface area (Å²) in [6.45, 7) is 4.32. The maximum Gasteiger partial charge on any atom is 0.416 e.